The average molecular weight is 252 g/mol. The zero-order valence-corrected chi connectivity index (χ0v) is 10.00. The molecule has 0 amide bonds. The number of thioether (sulfide) groups is 1. The Hall–Kier alpha value is -0.410. The maximum absolute atomic E-state index is 12.0. The average Bonchev–Trinajstić information content (AvgIpc) is 2.26. The number of piperidine rings is 1. The minimum Gasteiger partial charge on any atom is -0.303 e. The second kappa shape index (κ2) is 5.28. The Morgan fingerprint density at radius 2 is 1.94 bits per heavy atom. The molecule has 0 aromatic heterocycles. The maximum Gasteiger partial charge on any atom is 0.390 e. The molecule has 0 spiro atoms. The molecule has 2 nitrogen and oxygen atoms in total. The minimum atomic E-state index is -4.08. The van der Waals surface area contributed by atoms with E-state index < -0.39 is 12.6 Å². The molecule has 1 aliphatic rings. The number of hydrogen-bond donors (Lipinski definition) is 0. The van der Waals surface area contributed by atoms with Crippen LogP contribution in [0.25, 0.3) is 0 Å². The van der Waals surface area contributed by atoms with Gasteiger partial charge in [0.25, 0.3) is 0 Å². The maximum atomic E-state index is 12.0. The monoisotopic (exact) mass is 252 g/mol. The molecule has 0 N–H and O–H groups in total. The van der Waals surface area contributed by atoms with Crippen LogP contribution in [-0.4, -0.2) is 41.7 Å². The number of rotatable bonds is 3. The molecular formula is C10H15F3N2S. The van der Waals surface area contributed by atoms with E-state index in [9.17, 15) is 13.2 Å². The first-order valence-electron chi connectivity index (χ1n) is 5.16. The molecule has 1 fully saturated rings. The van der Waals surface area contributed by atoms with E-state index in [-0.39, 0.29) is 11.3 Å². The lowest BCUT2D eigenvalue weighted by molar-refractivity contribution is -0.138. The van der Waals surface area contributed by atoms with Crippen molar-refractivity contribution in [2.24, 2.45) is 0 Å². The SMILES string of the molecule is CSC1(C#N)CCN(CCC(F)(F)F)CC1. The zero-order valence-electron chi connectivity index (χ0n) is 9.18. The number of alkyl halides is 3. The second-order valence-corrected chi connectivity index (χ2v) is 5.21. The minimum absolute atomic E-state index is 0.0549. The third-order valence-corrected chi connectivity index (χ3v) is 4.25. The van der Waals surface area contributed by atoms with Crippen molar-refractivity contribution in [2.75, 3.05) is 25.9 Å². The first-order valence-corrected chi connectivity index (χ1v) is 6.39. The van der Waals surface area contributed by atoms with Crippen molar-refractivity contribution in [3.8, 4) is 6.07 Å². The summed E-state index contributed by atoms with van der Waals surface area (Å²) in [5.41, 5.74) is 0. The summed E-state index contributed by atoms with van der Waals surface area (Å²) in [6.45, 7) is 1.23. The lowest BCUT2D eigenvalue weighted by Gasteiger charge is -2.36. The summed E-state index contributed by atoms with van der Waals surface area (Å²) in [6.07, 6.45) is -1.64. The summed E-state index contributed by atoms with van der Waals surface area (Å²) in [7, 11) is 0. The molecule has 16 heavy (non-hydrogen) atoms. The van der Waals surface area contributed by atoms with E-state index in [1.54, 1.807) is 4.90 Å². The molecule has 92 valence electrons. The summed E-state index contributed by atoms with van der Waals surface area (Å²) in [5, 5.41) is 9.02. The van der Waals surface area contributed by atoms with Crippen LogP contribution in [0.15, 0.2) is 0 Å². The van der Waals surface area contributed by atoms with Crippen LogP contribution in [-0.2, 0) is 0 Å². The van der Waals surface area contributed by atoms with E-state index in [0.717, 1.165) is 0 Å². The van der Waals surface area contributed by atoms with Crippen LogP contribution in [0.1, 0.15) is 19.3 Å². The van der Waals surface area contributed by atoms with Gasteiger partial charge in [-0.25, -0.2) is 0 Å². The molecule has 0 aromatic rings. The molecular weight excluding hydrogens is 237 g/mol. The Kier molecular flexibility index (Phi) is 4.51. The van der Waals surface area contributed by atoms with Crippen LogP contribution < -0.4 is 0 Å². The van der Waals surface area contributed by atoms with Crippen LogP contribution in [0, 0.1) is 11.3 Å². The molecule has 1 heterocycles. The molecule has 0 saturated carbocycles. The number of halogens is 3. The van der Waals surface area contributed by atoms with Crippen molar-refractivity contribution in [2.45, 2.75) is 30.2 Å². The van der Waals surface area contributed by atoms with Gasteiger partial charge in [-0.15, -0.1) is 11.8 Å². The van der Waals surface area contributed by atoms with Gasteiger partial charge in [0.1, 0.15) is 4.75 Å². The van der Waals surface area contributed by atoms with Gasteiger partial charge in [-0.2, -0.15) is 18.4 Å². The lowest BCUT2D eigenvalue weighted by Crippen LogP contribution is -2.42. The van der Waals surface area contributed by atoms with E-state index in [1.165, 1.54) is 11.8 Å². The van der Waals surface area contributed by atoms with Gasteiger partial charge < -0.3 is 4.90 Å². The number of likely N-dealkylation sites (tertiary alicyclic amines) is 1. The van der Waals surface area contributed by atoms with Gasteiger partial charge in [0.2, 0.25) is 0 Å². The van der Waals surface area contributed by atoms with Gasteiger partial charge in [-0.3, -0.25) is 0 Å². The molecule has 1 rings (SSSR count). The van der Waals surface area contributed by atoms with E-state index >= 15 is 0 Å². The molecule has 0 bridgehead atoms. The van der Waals surface area contributed by atoms with Crippen molar-refractivity contribution in [3.63, 3.8) is 0 Å². The van der Waals surface area contributed by atoms with Crippen LogP contribution in [0.3, 0.4) is 0 Å². The Morgan fingerprint density at radius 3 is 2.31 bits per heavy atom. The van der Waals surface area contributed by atoms with Crippen LogP contribution in [0.5, 0.6) is 0 Å². The molecule has 0 aliphatic carbocycles. The van der Waals surface area contributed by atoms with Crippen LogP contribution >= 0.6 is 11.8 Å². The first-order chi connectivity index (χ1) is 7.41. The Balaban J connectivity index is 2.36. The Labute approximate surface area is 97.8 Å². The van der Waals surface area contributed by atoms with Gasteiger partial charge in [0, 0.05) is 19.6 Å². The highest BCUT2D eigenvalue weighted by molar-refractivity contribution is 8.00. The van der Waals surface area contributed by atoms with Gasteiger partial charge in [0.05, 0.1) is 12.5 Å². The van der Waals surface area contributed by atoms with Crippen molar-refractivity contribution in [3.05, 3.63) is 0 Å². The number of nitrogens with zero attached hydrogens (tertiary/aromatic N) is 2. The fourth-order valence-electron chi connectivity index (χ4n) is 1.78. The van der Waals surface area contributed by atoms with Crippen molar-refractivity contribution in [1.82, 2.24) is 4.90 Å². The summed E-state index contributed by atoms with van der Waals surface area (Å²) < 4.78 is 35.7. The third kappa shape index (κ3) is 3.87. The predicted octanol–water partition coefficient (Wildman–Crippen LogP) is 2.66. The van der Waals surface area contributed by atoms with E-state index in [2.05, 4.69) is 6.07 Å². The Bertz CT molecular complexity index is 264. The van der Waals surface area contributed by atoms with E-state index in [4.69, 9.17) is 5.26 Å². The topological polar surface area (TPSA) is 27.0 Å². The van der Waals surface area contributed by atoms with Crippen molar-refractivity contribution >= 4 is 11.8 Å². The molecule has 0 radical (unpaired) electrons. The fourth-order valence-corrected chi connectivity index (χ4v) is 2.47. The summed E-state index contributed by atoms with van der Waals surface area (Å²) in [6, 6.07) is 2.27. The fraction of sp³-hybridized carbons (Fsp3) is 0.900. The van der Waals surface area contributed by atoms with Crippen LogP contribution in [0.2, 0.25) is 0 Å². The summed E-state index contributed by atoms with van der Waals surface area (Å²) in [5.74, 6) is 0. The molecule has 0 unspecified atom stereocenters. The highest BCUT2D eigenvalue weighted by atomic mass is 32.2. The highest BCUT2D eigenvalue weighted by Crippen LogP contribution is 2.34. The second-order valence-electron chi connectivity index (χ2n) is 4.02. The standard InChI is InChI=1S/C10H15F3N2S/c1-16-9(8-14)2-5-15(6-3-9)7-4-10(11,12)13/h2-7H2,1H3. The van der Waals surface area contributed by atoms with Crippen molar-refractivity contribution in [1.29, 1.82) is 5.26 Å². The molecule has 1 saturated heterocycles. The number of nitriles is 1. The van der Waals surface area contributed by atoms with Crippen LogP contribution in [0.4, 0.5) is 13.2 Å². The largest absolute Gasteiger partial charge is 0.390 e. The highest BCUT2D eigenvalue weighted by Gasteiger charge is 2.35. The quantitative estimate of drug-likeness (QED) is 0.772. The zero-order chi connectivity index (χ0) is 12.2. The normalized spacial score (nSPS) is 21.7. The smallest absolute Gasteiger partial charge is 0.303 e. The summed E-state index contributed by atoms with van der Waals surface area (Å²) in [4.78, 5) is 1.79. The summed E-state index contributed by atoms with van der Waals surface area (Å²) >= 11 is 1.51. The molecule has 1 aliphatic heterocycles. The lowest BCUT2D eigenvalue weighted by atomic mass is 9.97. The van der Waals surface area contributed by atoms with Gasteiger partial charge >= 0.3 is 6.18 Å². The van der Waals surface area contributed by atoms with E-state index in [0.29, 0.717) is 25.9 Å². The van der Waals surface area contributed by atoms with Crippen molar-refractivity contribution < 1.29 is 13.2 Å². The molecule has 6 heteroatoms. The molecule has 0 atom stereocenters. The predicted molar refractivity (Wildman–Crippen MR) is 58.2 cm³/mol. The first kappa shape index (κ1) is 13.7. The Morgan fingerprint density at radius 1 is 1.38 bits per heavy atom. The van der Waals surface area contributed by atoms with Gasteiger partial charge in [-0.1, -0.05) is 0 Å². The van der Waals surface area contributed by atoms with Gasteiger partial charge in [0.15, 0.2) is 0 Å². The van der Waals surface area contributed by atoms with Gasteiger partial charge in [-0.05, 0) is 19.1 Å². The third-order valence-electron chi connectivity index (χ3n) is 2.97. The number of hydrogen-bond acceptors (Lipinski definition) is 3. The van der Waals surface area contributed by atoms with E-state index in [1.807, 2.05) is 6.26 Å². The molecule has 0 aromatic carbocycles.